The molecule has 5 nitrogen and oxygen atoms in total. The topological polar surface area (TPSA) is 59.0 Å². The zero-order chi connectivity index (χ0) is 11.4. The van der Waals surface area contributed by atoms with Crippen LogP contribution in [0.5, 0.6) is 0 Å². The van der Waals surface area contributed by atoms with Gasteiger partial charge in [0.05, 0.1) is 18.6 Å². The number of hydrogen-bond acceptors (Lipinski definition) is 3. The maximum atomic E-state index is 11.2. The Morgan fingerprint density at radius 1 is 1.62 bits per heavy atom. The number of likely N-dealkylation sites (N-methyl/N-ethyl adjacent to an activating group) is 1. The van der Waals surface area contributed by atoms with Gasteiger partial charge in [-0.15, -0.1) is 0 Å². The second-order valence-corrected chi connectivity index (χ2v) is 4.08. The summed E-state index contributed by atoms with van der Waals surface area (Å²) in [7, 11) is 0. The number of amides is 1. The predicted molar refractivity (Wildman–Crippen MR) is 60.9 cm³/mol. The first-order valence-electron chi connectivity index (χ1n) is 5.79. The lowest BCUT2D eigenvalue weighted by Gasteiger charge is -2.07. The zero-order valence-corrected chi connectivity index (χ0v) is 9.57. The van der Waals surface area contributed by atoms with Crippen molar-refractivity contribution in [2.45, 2.75) is 32.4 Å². The van der Waals surface area contributed by atoms with E-state index in [2.05, 4.69) is 20.2 Å². The molecule has 0 aliphatic heterocycles. The van der Waals surface area contributed by atoms with Gasteiger partial charge in [0.1, 0.15) is 0 Å². The van der Waals surface area contributed by atoms with E-state index in [0.717, 1.165) is 5.69 Å². The Morgan fingerprint density at radius 3 is 3.12 bits per heavy atom. The fraction of sp³-hybridized carbons (Fsp3) is 0.636. The van der Waals surface area contributed by atoms with Gasteiger partial charge in [-0.05, 0) is 19.8 Å². The van der Waals surface area contributed by atoms with Crippen molar-refractivity contribution in [2.24, 2.45) is 0 Å². The maximum Gasteiger partial charge on any atom is 0.233 e. The number of hydrogen-bond donors (Lipinski definition) is 2. The third-order valence-electron chi connectivity index (χ3n) is 2.65. The molecule has 2 N–H and O–H groups in total. The van der Waals surface area contributed by atoms with Crippen molar-refractivity contribution in [1.82, 2.24) is 20.2 Å². The summed E-state index contributed by atoms with van der Waals surface area (Å²) < 4.78 is 2.20. The normalized spacial score (nSPS) is 15.1. The molecule has 5 heteroatoms. The summed E-state index contributed by atoms with van der Waals surface area (Å²) in [6.07, 6.45) is 6.24. The highest BCUT2D eigenvalue weighted by Crippen LogP contribution is 2.35. The number of carbonyl (C=O) groups is 1. The summed E-state index contributed by atoms with van der Waals surface area (Å²) in [5.74, 6) is 0.0417. The smallest absolute Gasteiger partial charge is 0.233 e. The second-order valence-electron chi connectivity index (χ2n) is 4.08. The van der Waals surface area contributed by atoms with Gasteiger partial charge in [0.25, 0.3) is 0 Å². The van der Waals surface area contributed by atoms with Crippen LogP contribution in [0.1, 0.15) is 31.5 Å². The summed E-state index contributed by atoms with van der Waals surface area (Å²) in [6, 6.07) is 0.642. The molecule has 0 saturated heterocycles. The molecule has 2 rings (SSSR count). The molecule has 1 aromatic rings. The van der Waals surface area contributed by atoms with Crippen molar-refractivity contribution in [3.63, 3.8) is 0 Å². The molecule has 1 saturated carbocycles. The van der Waals surface area contributed by atoms with Gasteiger partial charge in [-0.2, -0.15) is 0 Å². The lowest BCUT2D eigenvalue weighted by molar-refractivity contribution is -0.120. The van der Waals surface area contributed by atoms with Crippen LogP contribution >= 0.6 is 0 Å². The molecule has 0 atom stereocenters. The van der Waals surface area contributed by atoms with Gasteiger partial charge in [-0.3, -0.25) is 4.79 Å². The van der Waals surface area contributed by atoms with Gasteiger partial charge < -0.3 is 15.2 Å². The lowest BCUT2D eigenvalue weighted by Crippen LogP contribution is -2.33. The van der Waals surface area contributed by atoms with E-state index >= 15 is 0 Å². The Labute approximate surface area is 95.2 Å². The molecule has 88 valence electrons. The van der Waals surface area contributed by atoms with E-state index < -0.39 is 0 Å². The van der Waals surface area contributed by atoms with Crippen LogP contribution in [0.3, 0.4) is 0 Å². The fourth-order valence-corrected chi connectivity index (χ4v) is 1.71. The quantitative estimate of drug-likeness (QED) is 0.734. The minimum atomic E-state index is 0.0417. The highest BCUT2D eigenvalue weighted by Gasteiger charge is 2.24. The molecular weight excluding hydrogens is 204 g/mol. The molecule has 1 amide bonds. The van der Waals surface area contributed by atoms with Crippen molar-refractivity contribution >= 4 is 5.91 Å². The minimum absolute atomic E-state index is 0.0417. The van der Waals surface area contributed by atoms with E-state index in [-0.39, 0.29) is 5.91 Å². The van der Waals surface area contributed by atoms with Crippen molar-refractivity contribution in [2.75, 3.05) is 13.1 Å². The van der Waals surface area contributed by atoms with Crippen molar-refractivity contribution < 1.29 is 4.79 Å². The van der Waals surface area contributed by atoms with E-state index in [4.69, 9.17) is 0 Å². The minimum Gasteiger partial charge on any atom is -0.355 e. The molecule has 0 bridgehead atoms. The van der Waals surface area contributed by atoms with Crippen LogP contribution in [0.4, 0.5) is 0 Å². The monoisotopic (exact) mass is 222 g/mol. The van der Waals surface area contributed by atoms with E-state index in [1.165, 1.54) is 12.8 Å². The first-order chi connectivity index (χ1) is 7.81. The SMILES string of the molecule is CCNC(=O)CNCc1cncn1C1CC1. The number of rotatable bonds is 6. The Hall–Kier alpha value is -1.36. The Balaban J connectivity index is 1.76. The molecule has 16 heavy (non-hydrogen) atoms. The molecule has 0 spiro atoms. The van der Waals surface area contributed by atoms with Crippen LogP contribution < -0.4 is 10.6 Å². The van der Waals surface area contributed by atoms with Crippen LogP contribution in [-0.2, 0) is 11.3 Å². The number of nitrogens with one attached hydrogen (secondary N) is 2. The van der Waals surface area contributed by atoms with Gasteiger partial charge in [-0.25, -0.2) is 4.98 Å². The lowest BCUT2D eigenvalue weighted by atomic mass is 10.4. The van der Waals surface area contributed by atoms with E-state index in [0.29, 0.717) is 25.7 Å². The van der Waals surface area contributed by atoms with E-state index in [9.17, 15) is 4.79 Å². The van der Waals surface area contributed by atoms with Crippen LogP contribution in [-0.4, -0.2) is 28.5 Å². The maximum absolute atomic E-state index is 11.2. The molecule has 0 radical (unpaired) electrons. The summed E-state index contributed by atoms with van der Waals surface area (Å²) >= 11 is 0. The van der Waals surface area contributed by atoms with Crippen LogP contribution in [0.15, 0.2) is 12.5 Å². The fourth-order valence-electron chi connectivity index (χ4n) is 1.71. The van der Waals surface area contributed by atoms with Crippen molar-refractivity contribution in [1.29, 1.82) is 0 Å². The zero-order valence-electron chi connectivity index (χ0n) is 9.57. The van der Waals surface area contributed by atoms with Crippen LogP contribution in [0, 0.1) is 0 Å². The average Bonchev–Trinajstić information content (AvgIpc) is 3.00. The molecular formula is C11H18N4O. The molecule has 1 heterocycles. The van der Waals surface area contributed by atoms with Gasteiger partial charge in [0, 0.05) is 25.3 Å². The van der Waals surface area contributed by atoms with Gasteiger partial charge in [0.2, 0.25) is 5.91 Å². The third kappa shape index (κ3) is 2.82. The number of imidazole rings is 1. The second kappa shape index (κ2) is 5.12. The highest BCUT2D eigenvalue weighted by atomic mass is 16.1. The average molecular weight is 222 g/mol. The molecule has 1 fully saturated rings. The Morgan fingerprint density at radius 2 is 2.44 bits per heavy atom. The highest BCUT2D eigenvalue weighted by molar-refractivity contribution is 5.77. The van der Waals surface area contributed by atoms with Crippen LogP contribution in [0.2, 0.25) is 0 Å². The summed E-state index contributed by atoms with van der Waals surface area (Å²) in [5.41, 5.74) is 1.16. The molecule has 1 aliphatic carbocycles. The first-order valence-corrected chi connectivity index (χ1v) is 5.79. The molecule has 0 aromatic carbocycles. The largest absolute Gasteiger partial charge is 0.355 e. The molecule has 0 unspecified atom stereocenters. The summed E-state index contributed by atoms with van der Waals surface area (Å²) in [4.78, 5) is 15.3. The number of carbonyl (C=O) groups excluding carboxylic acids is 1. The molecule has 1 aliphatic rings. The van der Waals surface area contributed by atoms with Crippen molar-refractivity contribution in [3.8, 4) is 0 Å². The van der Waals surface area contributed by atoms with Crippen LogP contribution in [0.25, 0.3) is 0 Å². The number of aromatic nitrogens is 2. The van der Waals surface area contributed by atoms with Gasteiger partial charge in [0.15, 0.2) is 0 Å². The standard InChI is InChI=1S/C11H18N4O/c1-2-14-11(16)7-12-5-10-6-13-8-15(10)9-3-4-9/h6,8-9,12H,2-5,7H2,1H3,(H,14,16). The van der Waals surface area contributed by atoms with Gasteiger partial charge >= 0.3 is 0 Å². The predicted octanol–water partition coefficient (Wildman–Crippen LogP) is 0.444. The van der Waals surface area contributed by atoms with E-state index in [1.54, 1.807) is 0 Å². The van der Waals surface area contributed by atoms with Crippen molar-refractivity contribution in [3.05, 3.63) is 18.2 Å². The summed E-state index contributed by atoms with van der Waals surface area (Å²) in [6.45, 7) is 3.66. The Kier molecular flexibility index (Phi) is 3.56. The summed E-state index contributed by atoms with van der Waals surface area (Å²) in [5, 5.41) is 5.87. The number of nitrogens with zero attached hydrogens (tertiary/aromatic N) is 2. The Bertz CT molecular complexity index is 357. The first kappa shape index (κ1) is 11.1. The van der Waals surface area contributed by atoms with Gasteiger partial charge in [-0.1, -0.05) is 0 Å². The molecule has 1 aromatic heterocycles. The van der Waals surface area contributed by atoms with E-state index in [1.807, 2.05) is 19.4 Å². The third-order valence-corrected chi connectivity index (χ3v) is 2.65.